The van der Waals surface area contributed by atoms with E-state index >= 15 is 0 Å². The number of carbonyl (C=O) groups excluding carboxylic acids is 1. The molecule has 2 aliphatic rings. The molecule has 0 unspecified atom stereocenters. The Labute approximate surface area is 218 Å². The molecule has 9 heteroatoms. The van der Waals surface area contributed by atoms with Crippen LogP contribution in [0.15, 0.2) is 66.9 Å². The second-order valence-corrected chi connectivity index (χ2v) is 10.6. The predicted molar refractivity (Wildman–Crippen MR) is 136 cm³/mol. The second-order valence-electron chi connectivity index (χ2n) is 10.1. The summed E-state index contributed by atoms with van der Waals surface area (Å²) in [6, 6.07) is 15.8. The monoisotopic (exact) mass is 529 g/mol. The lowest BCUT2D eigenvalue weighted by atomic mass is 9.93. The van der Waals surface area contributed by atoms with Gasteiger partial charge in [-0.2, -0.15) is 0 Å². The van der Waals surface area contributed by atoms with Crippen LogP contribution in [0.3, 0.4) is 0 Å². The molecule has 1 aromatic heterocycles. The number of nitrogens with zero attached hydrogens (tertiary/aromatic N) is 2. The van der Waals surface area contributed by atoms with Crippen LogP contribution in [0.2, 0.25) is 5.02 Å². The van der Waals surface area contributed by atoms with Gasteiger partial charge in [0, 0.05) is 34.1 Å². The number of aromatic nitrogens is 1. The Kier molecular flexibility index (Phi) is 6.66. The average molecular weight is 530 g/mol. The first-order valence-corrected chi connectivity index (χ1v) is 12.6. The zero-order valence-corrected chi connectivity index (χ0v) is 21.2. The maximum atomic E-state index is 13.8. The van der Waals surface area contributed by atoms with Crippen molar-refractivity contribution in [3.05, 3.63) is 88.7 Å². The van der Waals surface area contributed by atoms with Crippen molar-refractivity contribution in [3.63, 3.8) is 0 Å². The number of benzene rings is 2. The minimum atomic E-state index is -4.79. The number of carbonyl (C=O) groups is 1. The first-order valence-electron chi connectivity index (χ1n) is 12.2. The summed E-state index contributed by atoms with van der Waals surface area (Å²) in [6.45, 7) is 4.02. The molecule has 1 amide bonds. The number of nitrogens with one attached hydrogen (secondary N) is 1. The molecule has 37 heavy (non-hydrogen) atoms. The summed E-state index contributed by atoms with van der Waals surface area (Å²) in [4.78, 5) is 20.0. The summed E-state index contributed by atoms with van der Waals surface area (Å²) in [6.07, 6.45) is -0.119. The predicted octanol–water partition coefficient (Wildman–Crippen LogP) is 6.88. The molecule has 1 aliphatic heterocycles. The fourth-order valence-electron chi connectivity index (χ4n) is 4.90. The van der Waals surface area contributed by atoms with Gasteiger partial charge in [-0.05, 0) is 86.7 Å². The number of pyridine rings is 1. The lowest BCUT2D eigenvalue weighted by Gasteiger charge is -2.30. The van der Waals surface area contributed by atoms with Gasteiger partial charge in [0.15, 0.2) is 0 Å². The molecular formula is C28H27ClF3N3O2. The number of anilines is 1. The van der Waals surface area contributed by atoms with Gasteiger partial charge in [0.25, 0.3) is 0 Å². The maximum Gasteiger partial charge on any atom is 0.573 e. The van der Waals surface area contributed by atoms with Gasteiger partial charge in [-0.3, -0.25) is 15.1 Å². The van der Waals surface area contributed by atoms with Crippen molar-refractivity contribution in [1.29, 1.82) is 0 Å². The number of hydrogen-bond acceptors (Lipinski definition) is 4. The molecular weight excluding hydrogens is 503 g/mol. The summed E-state index contributed by atoms with van der Waals surface area (Å²) in [5.41, 5.74) is 2.84. The van der Waals surface area contributed by atoms with Gasteiger partial charge in [0.05, 0.1) is 12.1 Å². The summed E-state index contributed by atoms with van der Waals surface area (Å²) in [7, 11) is 0. The zero-order valence-electron chi connectivity index (χ0n) is 20.4. The average Bonchev–Trinajstić information content (AvgIpc) is 3.64. The number of halogens is 4. The molecule has 2 heterocycles. The van der Waals surface area contributed by atoms with Crippen LogP contribution >= 0.6 is 11.6 Å². The third-order valence-corrected chi connectivity index (χ3v) is 7.16. The van der Waals surface area contributed by atoms with E-state index in [9.17, 15) is 18.0 Å². The normalized spacial score (nSPS) is 20.4. The van der Waals surface area contributed by atoms with Gasteiger partial charge in [0.2, 0.25) is 5.91 Å². The van der Waals surface area contributed by atoms with Gasteiger partial charge < -0.3 is 9.64 Å². The van der Waals surface area contributed by atoms with Crippen LogP contribution in [0.25, 0.3) is 0 Å². The largest absolute Gasteiger partial charge is 0.573 e. The highest BCUT2D eigenvalue weighted by molar-refractivity contribution is 6.30. The number of alkyl halides is 3. The Bertz CT molecular complexity index is 1280. The fraction of sp³-hybridized carbons (Fsp3) is 0.357. The van der Waals surface area contributed by atoms with Crippen LogP contribution in [0, 0.1) is 0 Å². The number of hydrogen-bond donors (Lipinski definition) is 1. The quantitative estimate of drug-likeness (QED) is 0.362. The van der Waals surface area contributed by atoms with Crippen molar-refractivity contribution >= 4 is 23.2 Å². The first-order chi connectivity index (χ1) is 17.5. The van der Waals surface area contributed by atoms with Gasteiger partial charge >= 0.3 is 6.36 Å². The Morgan fingerprint density at radius 1 is 1.05 bits per heavy atom. The van der Waals surface area contributed by atoms with E-state index in [0.717, 1.165) is 16.8 Å². The summed E-state index contributed by atoms with van der Waals surface area (Å²) < 4.78 is 41.9. The number of amides is 1. The van der Waals surface area contributed by atoms with Crippen LogP contribution in [-0.2, 0) is 10.3 Å². The van der Waals surface area contributed by atoms with Gasteiger partial charge in [0.1, 0.15) is 5.75 Å². The summed E-state index contributed by atoms with van der Waals surface area (Å²) in [5, 5.41) is 4.04. The Morgan fingerprint density at radius 3 is 2.38 bits per heavy atom. The molecule has 3 aromatic rings. The van der Waals surface area contributed by atoms with Crippen LogP contribution in [0.4, 0.5) is 18.9 Å². The minimum absolute atomic E-state index is 0.176. The molecule has 0 spiro atoms. The van der Waals surface area contributed by atoms with Crippen molar-refractivity contribution in [2.75, 3.05) is 4.90 Å². The molecule has 2 atom stereocenters. The van der Waals surface area contributed by atoms with E-state index < -0.39 is 17.9 Å². The molecule has 0 radical (unpaired) electrons. The third kappa shape index (κ3) is 5.75. The van der Waals surface area contributed by atoms with Crippen molar-refractivity contribution < 1.29 is 22.7 Å². The lowest BCUT2D eigenvalue weighted by Crippen LogP contribution is -2.47. The van der Waals surface area contributed by atoms with Gasteiger partial charge in [-0.25, -0.2) is 0 Å². The highest BCUT2D eigenvalue weighted by Gasteiger charge is 2.43. The molecule has 1 aliphatic carbocycles. The zero-order chi connectivity index (χ0) is 26.4. The van der Waals surface area contributed by atoms with E-state index in [2.05, 4.69) is 27.2 Å². The highest BCUT2D eigenvalue weighted by Crippen LogP contribution is 2.41. The Hall–Kier alpha value is -3.10. The topological polar surface area (TPSA) is 54.5 Å². The highest BCUT2D eigenvalue weighted by atomic mass is 35.5. The Balaban J connectivity index is 1.42. The van der Waals surface area contributed by atoms with E-state index in [0.29, 0.717) is 23.0 Å². The molecule has 194 valence electrons. The first kappa shape index (κ1) is 25.5. The van der Waals surface area contributed by atoms with E-state index in [1.54, 1.807) is 11.0 Å². The van der Waals surface area contributed by atoms with E-state index in [1.165, 1.54) is 37.1 Å². The van der Waals surface area contributed by atoms with Crippen LogP contribution in [0.1, 0.15) is 61.9 Å². The van der Waals surface area contributed by atoms with E-state index in [-0.39, 0.29) is 17.7 Å². The molecule has 5 nitrogen and oxygen atoms in total. The molecule has 0 bridgehead atoms. The van der Waals surface area contributed by atoms with Gasteiger partial charge in [-0.15, -0.1) is 13.2 Å². The lowest BCUT2D eigenvalue weighted by molar-refractivity contribution is -0.274. The maximum absolute atomic E-state index is 13.8. The molecule has 1 saturated carbocycles. The van der Waals surface area contributed by atoms with E-state index in [1.807, 2.05) is 38.2 Å². The van der Waals surface area contributed by atoms with Crippen molar-refractivity contribution in [3.8, 4) is 5.75 Å². The fourth-order valence-corrected chi connectivity index (χ4v) is 5.10. The van der Waals surface area contributed by atoms with E-state index in [4.69, 9.17) is 11.6 Å². The standard InChI is InChI=1S/C28H27ClF3N3O2/c1-27(2,19-8-13-23(33-16-19)17-6-7-17)34-24-15-25(18-4-3-5-20(29)14-18)35(26(24)36)21-9-11-22(12-10-21)37-28(30,31)32/h3-5,8-14,16-17,24-25,34H,6-7,15H2,1-2H3/t24-,25-/m1/s1. The summed E-state index contributed by atoms with van der Waals surface area (Å²) >= 11 is 6.25. The number of ether oxygens (including phenoxy) is 1. The van der Waals surface area contributed by atoms with Crippen molar-refractivity contribution in [1.82, 2.24) is 10.3 Å². The minimum Gasteiger partial charge on any atom is -0.406 e. The second kappa shape index (κ2) is 9.65. The van der Waals surface area contributed by atoms with Gasteiger partial charge in [-0.1, -0.05) is 29.8 Å². The molecule has 2 aromatic carbocycles. The van der Waals surface area contributed by atoms with Crippen LogP contribution in [0.5, 0.6) is 5.75 Å². The smallest absolute Gasteiger partial charge is 0.406 e. The molecule has 1 saturated heterocycles. The number of rotatable bonds is 7. The van der Waals surface area contributed by atoms with Crippen LogP contribution < -0.4 is 15.0 Å². The Morgan fingerprint density at radius 2 is 1.78 bits per heavy atom. The molecule has 5 rings (SSSR count). The van der Waals surface area contributed by atoms with Crippen molar-refractivity contribution in [2.24, 2.45) is 0 Å². The third-order valence-electron chi connectivity index (χ3n) is 6.93. The van der Waals surface area contributed by atoms with Crippen molar-refractivity contribution in [2.45, 2.75) is 63.0 Å². The van der Waals surface area contributed by atoms with Crippen LogP contribution in [-0.4, -0.2) is 23.3 Å². The summed E-state index contributed by atoms with van der Waals surface area (Å²) in [5.74, 6) is 0.0340. The SMILES string of the molecule is CC(C)(N[C@@H]1C[C@H](c2cccc(Cl)c2)N(c2ccc(OC(F)(F)F)cc2)C1=O)c1ccc(C2CC2)nc1. The molecule has 2 fully saturated rings. The molecule has 1 N–H and O–H groups in total.